The molecule has 0 aromatic heterocycles. The maximum atomic E-state index is 12.6. The number of anilines is 1. The molecule has 0 spiro atoms. The van der Waals surface area contributed by atoms with Crippen molar-refractivity contribution in [2.45, 2.75) is 12.5 Å². The lowest BCUT2D eigenvalue weighted by Crippen LogP contribution is -2.21. The van der Waals surface area contributed by atoms with Crippen molar-refractivity contribution in [3.63, 3.8) is 0 Å². The molecule has 2 N–H and O–H groups in total. The van der Waals surface area contributed by atoms with Crippen molar-refractivity contribution in [3.8, 4) is 0 Å². The SMILES string of the molecule is Fc1ccc(N[C@@H]2CCNC2)cc1. The first-order chi connectivity index (χ1) is 6.34. The highest BCUT2D eigenvalue weighted by atomic mass is 19.1. The number of benzene rings is 1. The van der Waals surface area contributed by atoms with E-state index >= 15 is 0 Å². The van der Waals surface area contributed by atoms with E-state index in [0.29, 0.717) is 6.04 Å². The molecule has 1 atom stereocenters. The molecule has 0 bridgehead atoms. The van der Waals surface area contributed by atoms with Gasteiger partial charge in [0.05, 0.1) is 0 Å². The second-order valence-electron chi connectivity index (χ2n) is 3.34. The third-order valence-electron chi connectivity index (χ3n) is 2.28. The van der Waals surface area contributed by atoms with Gasteiger partial charge in [-0.1, -0.05) is 0 Å². The zero-order chi connectivity index (χ0) is 9.10. The van der Waals surface area contributed by atoms with Gasteiger partial charge in [0.1, 0.15) is 5.82 Å². The van der Waals surface area contributed by atoms with Crippen molar-refractivity contribution in [1.29, 1.82) is 0 Å². The summed E-state index contributed by atoms with van der Waals surface area (Å²) in [5.74, 6) is -0.185. The van der Waals surface area contributed by atoms with Gasteiger partial charge in [0.2, 0.25) is 0 Å². The van der Waals surface area contributed by atoms with Crippen LogP contribution in [0.1, 0.15) is 6.42 Å². The van der Waals surface area contributed by atoms with Crippen LogP contribution < -0.4 is 10.6 Å². The van der Waals surface area contributed by atoms with E-state index in [-0.39, 0.29) is 5.82 Å². The van der Waals surface area contributed by atoms with Gasteiger partial charge in [-0.2, -0.15) is 0 Å². The fourth-order valence-electron chi connectivity index (χ4n) is 1.56. The van der Waals surface area contributed by atoms with E-state index in [1.165, 1.54) is 12.1 Å². The van der Waals surface area contributed by atoms with Crippen molar-refractivity contribution in [3.05, 3.63) is 30.1 Å². The Morgan fingerprint density at radius 3 is 2.69 bits per heavy atom. The molecule has 3 heteroatoms. The van der Waals surface area contributed by atoms with Gasteiger partial charge >= 0.3 is 0 Å². The summed E-state index contributed by atoms with van der Waals surface area (Å²) in [6, 6.07) is 6.99. The van der Waals surface area contributed by atoms with Crippen molar-refractivity contribution >= 4 is 5.69 Å². The molecule has 1 aromatic carbocycles. The monoisotopic (exact) mass is 180 g/mol. The zero-order valence-corrected chi connectivity index (χ0v) is 7.39. The number of rotatable bonds is 2. The molecule has 1 saturated heterocycles. The van der Waals surface area contributed by atoms with Crippen molar-refractivity contribution < 1.29 is 4.39 Å². The maximum absolute atomic E-state index is 12.6. The molecule has 1 aliphatic heterocycles. The third-order valence-corrected chi connectivity index (χ3v) is 2.28. The lowest BCUT2D eigenvalue weighted by atomic mass is 10.2. The topological polar surface area (TPSA) is 24.1 Å². The molecule has 70 valence electrons. The summed E-state index contributed by atoms with van der Waals surface area (Å²) in [7, 11) is 0. The van der Waals surface area contributed by atoms with Crippen LogP contribution >= 0.6 is 0 Å². The van der Waals surface area contributed by atoms with Crippen LogP contribution in [-0.2, 0) is 0 Å². The molecule has 0 amide bonds. The summed E-state index contributed by atoms with van der Waals surface area (Å²) < 4.78 is 12.6. The van der Waals surface area contributed by atoms with Gasteiger partial charge in [-0.25, -0.2) is 4.39 Å². The highest BCUT2D eigenvalue weighted by Gasteiger charge is 2.13. The second-order valence-corrected chi connectivity index (χ2v) is 3.34. The van der Waals surface area contributed by atoms with E-state index in [0.717, 1.165) is 25.2 Å². The average molecular weight is 180 g/mol. The zero-order valence-electron chi connectivity index (χ0n) is 7.39. The Hall–Kier alpha value is -1.09. The Labute approximate surface area is 77.2 Å². The van der Waals surface area contributed by atoms with E-state index in [2.05, 4.69) is 10.6 Å². The van der Waals surface area contributed by atoms with Crippen LogP contribution in [0.15, 0.2) is 24.3 Å². The van der Waals surface area contributed by atoms with Crippen LogP contribution in [0.25, 0.3) is 0 Å². The van der Waals surface area contributed by atoms with Crippen LogP contribution in [0.3, 0.4) is 0 Å². The third kappa shape index (κ3) is 2.18. The number of halogens is 1. The lowest BCUT2D eigenvalue weighted by Gasteiger charge is -2.12. The summed E-state index contributed by atoms with van der Waals surface area (Å²) >= 11 is 0. The Morgan fingerprint density at radius 1 is 1.31 bits per heavy atom. The summed E-state index contributed by atoms with van der Waals surface area (Å²) in [5, 5.41) is 6.61. The fraction of sp³-hybridized carbons (Fsp3) is 0.400. The Kier molecular flexibility index (Phi) is 2.45. The summed E-state index contributed by atoms with van der Waals surface area (Å²) in [4.78, 5) is 0. The van der Waals surface area contributed by atoms with E-state index < -0.39 is 0 Å². The molecule has 13 heavy (non-hydrogen) atoms. The van der Waals surface area contributed by atoms with Crippen molar-refractivity contribution in [1.82, 2.24) is 5.32 Å². The summed E-state index contributed by atoms with van der Waals surface area (Å²) in [6.45, 7) is 2.07. The quantitative estimate of drug-likeness (QED) is 0.722. The normalized spacial score (nSPS) is 21.8. The smallest absolute Gasteiger partial charge is 0.123 e. The molecule has 1 fully saturated rings. The minimum atomic E-state index is -0.185. The molecule has 1 heterocycles. The molecule has 0 aliphatic carbocycles. The Balaban J connectivity index is 1.97. The average Bonchev–Trinajstić information content (AvgIpc) is 2.62. The number of hydrogen-bond acceptors (Lipinski definition) is 2. The molecular weight excluding hydrogens is 167 g/mol. The summed E-state index contributed by atoms with van der Waals surface area (Å²) in [6.07, 6.45) is 1.14. The van der Waals surface area contributed by atoms with E-state index in [1.54, 1.807) is 12.1 Å². The van der Waals surface area contributed by atoms with Crippen LogP contribution in [0, 0.1) is 5.82 Å². The van der Waals surface area contributed by atoms with Crippen LogP contribution in [0.5, 0.6) is 0 Å². The van der Waals surface area contributed by atoms with Crippen LogP contribution in [0.2, 0.25) is 0 Å². The largest absolute Gasteiger partial charge is 0.381 e. The van der Waals surface area contributed by atoms with Crippen LogP contribution in [-0.4, -0.2) is 19.1 Å². The second kappa shape index (κ2) is 3.75. The van der Waals surface area contributed by atoms with Gasteiger partial charge in [0.25, 0.3) is 0 Å². The first-order valence-electron chi connectivity index (χ1n) is 4.57. The first kappa shape index (κ1) is 8.51. The molecule has 0 radical (unpaired) electrons. The predicted molar refractivity (Wildman–Crippen MR) is 51.3 cm³/mol. The van der Waals surface area contributed by atoms with Crippen LogP contribution in [0.4, 0.5) is 10.1 Å². The standard InChI is InChI=1S/C10H13FN2/c11-8-1-3-9(4-2-8)13-10-5-6-12-7-10/h1-4,10,12-13H,5-7H2/t10-/m1/s1. The van der Waals surface area contributed by atoms with Crippen molar-refractivity contribution in [2.24, 2.45) is 0 Å². The predicted octanol–water partition coefficient (Wildman–Crippen LogP) is 1.60. The molecule has 0 unspecified atom stereocenters. The minimum Gasteiger partial charge on any atom is -0.381 e. The van der Waals surface area contributed by atoms with Crippen molar-refractivity contribution in [2.75, 3.05) is 18.4 Å². The highest BCUT2D eigenvalue weighted by molar-refractivity contribution is 5.44. The lowest BCUT2D eigenvalue weighted by molar-refractivity contribution is 0.628. The van der Waals surface area contributed by atoms with E-state index in [1.807, 2.05) is 0 Å². The molecule has 2 nitrogen and oxygen atoms in total. The van der Waals surface area contributed by atoms with Gasteiger partial charge in [-0.05, 0) is 37.2 Å². The summed E-state index contributed by atoms with van der Waals surface area (Å²) in [5.41, 5.74) is 0.995. The molecule has 1 aromatic rings. The van der Waals surface area contributed by atoms with Gasteiger partial charge in [-0.3, -0.25) is 0 Å². The van der Waals surface area contributed by atoms with Gasteiger partial charge in [0, 0.05) is 18.3 Å². The van der Waals surface area contributed by atoms with Gasteiger partial charge < -0.3 is 10.6 Å². The van der Waals surface area contributed by atoms with E-state index in [4.69, 9.17) is 0 Å². The Bertz CT molecular complexity index is 265. The molecular formula is C10H13FN2. The first-order valence-corrected chi connectivity index (χ1v) is 4.57. The highest BCUT2D eigenvalue weighted by Crippen LogP contribution is 2.12. The fourth-order valence-corrected chi connectivity index (χ4v) is 1.56. The molecule has 1 aliphatic rings. The number of nitrogens with one attached hydrogen (secondary N) is 2. The van der Waals surface area contributed by atoms with E-state index in [9.17, 15) is 4.39 Å². The maximum Gasteiger partial charge on any atom is 0.123 e. The number of hydrogen-bond donors (Lipinski definition) is 2. The minimum absolute atomic E-state index is 0.185. The van der Waals surface area contributed by atoms with Gasteiger partial charge in [0.15, 0.2) is 0 Å². The Morgan fingerprint density at radius 2 is 2.08 bits per heavy atom. The van der Waals surface area contributed by atoms with Gasteiger partial charge in [-0.15, -0.1) is 0 Å². The molecule has 0 saturated carbocycles. The molecule has 2 rings (SSSR count).